The molecule has 2 aromatic heterocycles. The van der Waals surface area contributed by atoms with Crippen LogP contribution in [0.25, 0.3) is 97.5 Å². The van der Waals surface area contributed by atoms with Gasteiger partial charge in [0.2, 0.25) is 0 Å². The number of thiophene rings is 1. The first kappa shape index (κ1) is 23.8. The fraction of sp³-hybridized carbons (Fsp3) is 0. The minimum Gasteiger partial charge on any atom is -0.310 e. The highest BCUT2D eigenvalue weighted by molar-refractivity contribution is 7.25. The van der Waals surface area contributed by atoms with Gasteiger partial charge in [-0.2, -0.15) is 0 Å². The van der Waals surface area contributed by atoms with Crippen molar-refractivity contribution >= 4 is 81.1 Å². The molecule has 0 unspecified atom stereocenters. The number of aromatic nitrogens is 2. The summed E-state index contributed by atoms with van der Waals surface area (Å²) in [6.45, 7) is 0. The van der Waals surface area contributed by atoms with Crippen molar-refractivity contribution in [3.8, 4) is 44.8 Å². The third-order valence-electron chi connectivity index (χ3n) is 11.0. The molecule has 0 saturated heterocycles. The fourth-order valence-electron chi connectivity index (χ4n) is 8.13. The summed E-state index contributed by atoms with van der Waals surface area (Å²) in [5.41, 5.74) is 4.48. The number of hydrogen-bond donors (Lipinski definition) is 0. The summed E-state index contributed by atoms with van der Waals surface area (Å²) in [5, 5.41) is 3.50. The topological polar surface area (TPSA) is 29.0 Å². The Morgan fingerprint density at radius 3 is 1.94 bits per heavy atom. The number of rotatable bonds is 7. The van der Waals surface area contributed by atoms with Crippen molar-refractivity contribution in [2.45, 2.75) is 0 Å². The first-order valence-electron chi connectivity index (χ1n) is 27.3. The van der Waals surface area contributed by atoms with Gasteiger partial charge >= 0.3 is 0 Å². The van der Waals surface area contributed by atoms with Gasteiger partial charge in [-0.05, 0) is 87.4 Å². The van der Waals surface area contributed by atoms with Gasteiger partial charge in [0.05, 0.1) is 48.7 Å². The highest BCUT2D eigenvalue weighted by Gasteiger charge is 2.20. The molecule has 10 aromatic carbocycles. The number of nitrogens with zero attached hydrogens (tertiary/aromatic N) is 3. The Morgan fingerprint density at radius 1 is 0.435 bits per heavy atom. The van der Waals surface area contributed by atoms with Crippen molar-refractivity contribution < 1.29 is 20.6 Å². The molecule has 62 heavy (non-hydrogen) atoms. The minimum atomic E-state index is -0.760. The van der Waals surface area contributed by atoms with Gasteiger partial charge in [-0.25, -0.2) is 9.97 Å². The zero-order valence-electron chi connectivity index (χ0n) is 47.5. The summed E-state index contributed by atoms with van der Waals surface area (Å²) in [6.07, 6.45) is 0. The summed E-state index contributed by atoms with van der Waals surface area (Å²) in [4.78, 5) is 12.0. The van der Waals surface area contributed by atoms with E-state index in [4.69, 9.17) is 25.0 Å². The lowest BCUT2D eigenvalue weighted by Crippen LogP contribution is -2.11. The monoisotopic (exact) mass is 822 g/mol. The molecule has 0 fully saturated rings. The Balaban J connectivity index is 1.15. The number of benzene rings is 10. The molecule has 3 nitrogen and oxygen atoms in total. The van der Waals surface area contributed by atoms with Crippen LogP contribution in [-0.4, -0.2) is 9.97 Å². The second kappa shape index (κ2) is 15.0. The van der Waals surface area contributed by atoms with E-state index in [-0.39, 0.29) is 49.7 Å². The van der Waals surface area contributed by atoms with Crippen LogP contribution in [0.5, 0.6) is 0 Å². The molecule has 0 amide bonds. The van der Waals surface area contributed by atoms with Crippen molar-refractivity contribution in [1.82, 2.24) is 9.97 Å². The molecular weight excluding hydrogens is 771 g/mol. The average Bonchev–Trinajstić information content (AvgIpc) is 4.12. The van der Waals surface area contributed by atoms with E-state index in [2.05, 4.69) is 0 Å². The van der Waals surface area contributed by atoms with Crippen LogP contribution in [0.2, 0.25) is 0 Å². The molecule has 0 spiro atoms. The normalized spacial score (nSPS) is 14.9. The van der Waals surface area contributed by atoms with Crippen LogP contribution in [-0.2, 0) is 0 Å². The van der Waals surface area contributed by atoms with E-state index in [9.17, 15) is 5.48 Å². The molecule has 0 radical (unpaired) electrons. The molecular formula is C58H37N3S. The summed E-state index contributed by atoms with van der Waals surface area (Å²) < 4.78 is 135. The van der Waals surface area contributed by atoms with E-state index in [1.165, 1.54) is 11.0 Å². The van der Waals surface area contributed by atoms with Crippen LogP contribution in [0.3, 0.4) is 0 Å². The Bertz CT molecular complexity index is 4500. The van der Waals surface area contributed by atoms with E-state index < -0.39 is 89.3 Å². The maximum Gasteiger partial charge on any atom is 0.0979 e. The van der Waals surface area contributed by atoms with E-state index in [1.54, 1.807) is 18.2 Å². The van der Waals surface area contributed by atoms with Gasteiger partial charge in [0, 0.05) is 53.6 Å². The Morgan fingerprint density at radius 2 is 1.10 bits per heavy atom. The maximum atomic E-state index is 9.98. The maximum absolute atomic E-state index is 9.98. The van der Waals surface area contributed by atoms with Crippen LogP contribution >= 0.6 is 11.3 Å². The lowest BCUT2D eigenvalue weighted by molar-refractivity contribution is 1.29. The standard InChI is InChI=1S/C58H37N3S/c1-4-15-38(16-5-1)47-23-10-12-25-52(47)61(46-32-34-54-50(37-46)48-24-11-13-26-53(48)62-54)45-22-14-21-43(35-45)44-30-28-39-27-29-40-31-33-51-58(55(40)49(39)36-44)60-57(42-19-8-3-9-20-42)56(59-51)41-17-6-2-7-18-41/h1-37H/i1D,4D,5D,10D,11D,12D,13D,15D,16D,23D,24D,25D,26D,34D,37D. The van der Waals surface area contributed by atoms with Gasteiger partial charge in [-0.3, -0.25) is 0 Å². The van der Waals surface area contributed by atoms with Gasteiger partial charge in [0.25, 0.3) is 0 Å². The Kier molecular flexibility index (Phi) is 5.74. The van der Waals surface area contributed by atoms with Crippen LogP contribution in [0.1, 0.15) is 20.6 Å². The van der Waals surface area contributed by atoms with Crippen molar-refractivity contribution in [2.75, 3.05) is 4.90 Å². The Hall–Kier alpha value is -7.92. The zero-order chi connectivity index (χ0) is 54.0. The lowest BCUT2D eigenvalue weighted by Gasteiger charge is -2.28. The van der Waals surface area contributed by atoms with E-state index >= 15 is 0 Å². The molecule has 0 aliphatic carbocycles. The molecule has 0 N–H and O–H groups in total. The molecule has 0 bridgehead atoms. The van der Waals surface area contributed by atoms with Crippen molar-refractivity contribution in [3.63, 3.8) is 0 Å². The minimum absolute atomic E-state index is 0.00565. The smallest absolute Gasteiger partial charge is 0.0979 e. The van der Waals surface area contributed by atoms with Crippen LogP contribution in [0.15, 0.2) is 224 Å². The van der Waals surface area contributed by atoms with Crippen LogP contribution in [0, 0.1) is 0 Å². The predicted octanol–water partition coefficient (Wildman–Crippen LogP) is 16.4. The van der Waals surface area contributed by atoms with Crippen molar-refractivity contribution in [1.29, 1.82) is 0 Å². The zero-order valence-corrected chi connectivity index (χ0v) is 33.3. The third-order valence-corrected chi connectivity index (χ3v) is 12.0. The van der Waals surface area contributed by atoms with E-state index in [0.29, 0.717) is 27.9 Å². The first-order valence-corrected chi connectivity index (χ1v) is 20.6. The van der Waals surface area contributed by atoms with Crippen molar-refractivity contribution in [2.24, 2.45) is 0 Å². The molecule has 12 aromatic rings. The highest BCUT2D eigenvalue weighted by Crippen LogP contribution is 2.45. The summed E-state index contributed by atoms with van der Waals surface area (Å²) in [7, 11) is 0. The number of para-hydroxylation sites is 1. The van der Waals surface area contributed by atoms with Crippen molar-refractivity contribution in [3.05, 3.63) is 224 Å². The predicted molar refractivity (Wildman–Crippen MR) is 264 cm³/mol. The summed E-state index contributed by atoms with van der Waals surface area (Å²) >= 11 is 0.921. The molecule has 290 valence electrons. The Labute approximate surface area is 384 Å². The number of anilines is 3. The van der Waals surface area contributed by atoms with Gasteiger partial charge in [-0.1, -0.05) is 170 Å². The molecule has 0 aliphatic heterocycles. The molecule has 2 heterocycles. The van der Waals surface area contributed by atoms with Gasteiger partial charge in [0.15, 0.2) is 0 Å². The average molecular weight is 823 g/mol. The molecule has 0 atom stereocenters. The largest absolute Gasteiger partial charge is 0.310 e. The number of fused-ring (bicyclic) bond motifs is 8. The quantitative estimate of drug-likeness (QED) is 0.150. The molecule has 12 rings (SSSR count). The molecule has 0 saturated carbocycles. The second-order valence-corrected chi connectivity index (χ2v) is 15.6. The van der Waals surface area contributed by atoms with Crippen LogP contribution in [0.4, 0.5) is 17.1 Å². The third kappa shape index (κ3) is 6.20. The summed E-state index contributed by atoms with van der Waals surface area (Å²) in [6, 6.07) is 32.9. The van der Waals surface area contributed by atoms with Gasteiger partial charge < -0.3 is 4.90 Å². The van der Waals surface area contributed by atoms with E-state index in [1.807, 2.05) is 109 Å². The van der Waals surface area contributed by atoms with Gasteiger partial charge in [0.1, 0.15) is 0 Å². The molecule has 4 heteroatoms. The van der Waals surface area contributed by atoms with Gasteiger partial charge in [-0.15, -0.1) is 11.3 Å². The second-order valence-electron chi connectivity index (χ2n) is 14.6. The van der Waals surface area contributed by atoms with Crippen LogP contribution < -0.4 is 4.90 Å². The first-order chi connectivity index (χ1) is 37.0. The highest BCUT2D eigenvalue weighted by atomic mass is 32.1. The SMILES string of the molecule is [2H]c1c([2H])c([2H])c(-c2c([2H])c([2H])c([2H])c([2H])c2N(c2cccc(-c3ccc4ccc5ccc6nc(-c7ccccc7)c(-c7ccccc7)nc6c5c4c3)c2)c2cc([2H])c3sc4c([2H])c([2H])c([2H])c([2H])c4c3c2[2H])c([2H])c1[2H]. The lowest BCUT2D eigenvalue weighted by atomic mass is 9.95. The molecule has 0 aliphatic rings. The number of hydrogen-bond acceptors (Lipinski definition) is 4. The fourth-order valence-corrected chi connectivity index (χ4v) is 9.07. The van der Waals surface area contributed by atoms with E-state index in [0.717, 1.165) is 49.7 Å². The summed E-state index contributed by atoms with van der Waals surface area (Å²) in [5.74, 6) is 0.